The van der Waals surface area contributed by atoms with Crippen molar-refractivity contribution in [2.75, 3.05) is 12.8 Å². The van der Waals surface area contributed by atoms with Gasteiger partial charge in [0.1, 0.15) is 0 Å². The molecule has 1 aromatic carbocycles. The highest BCUT2D eigenvalue weighted by Crippen LogP contribution is 2.23. The number of benzene rings is 1. The van der Waals surface area contributed by atoms with Gasteiger partial charge in [-0.25, -0.2) is 14.6 Å². The van der Waals surface area contributed by atoms with Gasteiger partial charge in [-0.15, -0.1) is 0 Å². The van der Waals surface area contributed by atoms with Gasteiger partial charge < -0.3 is 0 Å². The molecule has 2 aromatic heterocycles. The highest BCUT2D eigenvalue weighted by molar-refractivity contribution is 7.98. The smallest absolute Gasteiger partial charge is 0.187 e. The minimum Gasteiger partial charge on any atom is -0.294 e. The maximum atomic E-state index is 4.65. The molecule has 4 rings (SSSR count). The van der Waals surface area contributed by atoms with E-state index in [1.54, 1.807) is 11.8 Å². The normalized spacial score (nSPS) is 14.4. The van der Waals surface area contributed by atoms with Crippen LogP contribution in [0, 0.1) is 13.8 Å². The Bertz CT molecular complexity index is 934. The average molecular weight is 366 g/mol. The van der Waals surface area contributed by atoms with E-state index in [0.717, 1.165) is 36.9 Å². The maximum Gasteiger partial charge on any atom is 0.187 e. The summed E-state index contributed by atoms with van der Waals surface area (Å²) in [5.74, 6) is 0. The molecule has 0 bridgehead atoms. The molecular weight excluding hydrogens is 342 g/mol. The zero-order chi connectivity index (χ0) is 18.1. The van der Waals surface area contributed by atoms with Crippen molar-refractivity contribution in [3.63, 3.8) is 0 Å². The topological polar surface area (TPSA) is 46.8 Å². The fourth-order valence-electron chi connectivity index (χ4n) is 3.47. The molecule has 26 heavy (non-hydrogen) atoms. The summed E-state index contributed by atoms with van der Waals surface area (Å²) < 4.78 is 2.05. The predicted octanol–water partition coefficient (Wildman–Crippen LogP) is 3.56. The predicted molar refractivity (Wildman–Crippen MR) is 105 cm³/mol. The van der Waals surface area contributed by atoms with Crippen molar-refractivity contribution < 1.29 is 0 Å². The lowest BCUT2D eigenvalue weighted by atomic mass is 10.1. The van der Waals surface area contributed by atoms with Crippen LogP contribution in [0.3, 0.4) is 0 Å². The largest absolute Gasteiger partial charge is 0.294 e. The van der Waals surface area contributed by atoms with E-state index in [-0.39, 0.29) is 0 Å². The average Bonchev–Trinajstić information content (AvgIpc) is 3.02. The lowest BCUT2D eigenvalue weighted by molar-refractivity contribution is 0.241. The van der Waals surface area contributed by atoms with Crippen LogP contribution in [-0.2, 0) is 19.5 Å². The van der Waals surface area contributed by atoms with Crippen LogP contribution in [0.1, 0.15) is 28.1 Å². The van der Waals surface area contributed by atoms with E-state index in [0.29, 0.717) is 0 Å². The Balaban J connectivity index is 1.53. The Hall–Kier alpha value is -2.18. The fourth-order valence-corrected chi connectivity index (χ4v) is 3.83. The highest BCUT2D eigenvalue weighted by atomic mass is 32.2. The van der Waals surface area contributed by atoms with Gasteiger partial charge in [-0.05, 0) is 31.7 Å². The Labute approximate surface area is 158 Å². The third kappa shape index (κ3) is 3.27. The van der Waals surface area contributed by atoms with Gasteiger partial charge in [-0.3, -0.25) is 4.90 Å². The van der Waals surface area contributed by atoms with Crippen molar-refractivity contribution in [1.29, 1.82) is 0 Å². The SMILES string of the molecule is CSc1ncc2c(n1)CCN(Cc1cnn(-c3ccccc3C)c1C)C2. The van der Waals surface area contributed by atoms with E-state index in [2.05, 4.69) is 62.8 Å². The standard InChI is InChI=1S/C20H23N5S/c1-14-6-4-5-7-19(14)25-15(2)16(11-22-25)12-24-9-8-18-17(13-24)10-21-20(23-18)26-3/h4-7,10-11H,8-9,12-13H2,1-3H3. The molecule has 0 atom stereocenters. The molecule has 134 valence electrons. The number of hydrogen-bond acceptors (Lipinski definition) is 5. The molecule has 0 amide bonds. The number of aromatic nitrogens is 4. The third-order valence-electron chi connectivity index (χ3n) is 5.02. The van der Waals surface area contributed by atoms with Crippen molar-refractivity contribution in [2.45, 2.75) is 38.5 Å². The molecule has 0 unspecified atom stereocenters. The Morgan fingerprint density at radius 1 is 1.15 bits per heavy atom. The van der Waals surface area contributed by atoms with Crippen LogP contribution in [0.25, 0.3) is 5.69 Å². The molecule has 0 radical (unpaired) electrons. The van der Waals surface area contributed by atoms with Crippen LogP contribution < -0.4 is 0 Å². The molecule has 0 N–H and O–H groups in total. The number of nitrogens with zero attached hydrogens (tertiary/aromatic N) is 5. The van der Waals surface area contributed by atoms with Crippen LogP contribution in [0.5, 0.6) is 0 Å². The van der Waals surface area contributed by atoms with E-state index in [4.69, 9.17) is 0 Å². The van der Waals surface area contributed by atoms with Gasteiger partial charge in [0, 0.05) is 49.1 Å². The summed E-state index contributed by atoms with van der Waals surface area (Å²) in [6.45, 7) is 7.11. The lowest BCUT2D eigenvalue weighted by Crippen LogP contribution is -2.31. The summed E-state index contributed by atoms with van der Waals surface area (Å²) in [6, 6.07) is 8.37. The Kier molecular flexibility index (Phi) is 4.78. The summed E-state index contributed by atoms with van der Waals surface area (Å²) in [7, 11) is 0. The van der Waals surface area contributed by atoms with Gasteiger partial charge >= 0.3 is 0 Å². The van der Waals surface area contributed by atoms with Gasteiger partial charge in [-0.2, -0.15) is 5.10 Å². The van der Waals surface area contributed by atoms with Gasteiger partial charge in [0.05, 0.1) is 17.6 Å². The second-order valence-electron chi connectivity index (χ2n) is 6.74. The highest BCUT2D eigenvalue weighted by Gasteiger charge is 2.20. The number of para-hydroxylation sites is 1. The fraction of sp³-hybridized carbons (Fsp3) is 0.350. The van der Waals surface area contributed by atoms with Crippen molar-refractivity contribution in [3.05, 3.63) is 64.7 Å². The number of hydrogen-bond donors (Lipinski definition) is 0. The van der Waals surface area contributed by atoms with Crippen LogP contribution in [0.15, 0.2) is 41.8 Å². The first-order valence-corrected chi connectivity index (χ1v) is 10.1. The number of aryl methyl sites for hydroxylation is 1. The molecule has 6 heteroatoms. The first-order chi connectivity index (χ1) is 12.7. The molecule has 1 aliphatic heterocycles. The van der Waals surface area contributed by atoms with Gasteiger partial charge in [0.25, 0.3) is 0 Å². The number of fused-ring (bicyclic) bond motifs is 1. The van der Waals surface area contributed by atoms with Gasteiger partial charge in [0.2, 0.25) is 0 Å². The Morgan fingerprint density at radius 2 is 2.00 bits per heavy atom. The molecule has 0 fully saturated rings. The summed E-state index contributed by atoms with van der Waals surface area (Å²) >= 11 is 1.60. The van der Waals surface area contributed by atoms with Crippen molar-refractivity contribution in [1.82, 2.24) is 24.6 Å². The van der Waals surface area contributed by atoms with Crippen molar-refractivity contribution in [3.8, 4) is 5.69 Å². The second-order valence-corrected chi connectivity index (χ2v) is 7.52. The van der Waals surface area contributed by atoms with Crippen LogP contribution in [0.2, 0.25) is 0 Å². The van der Waals surface area contributed by atoms with Crippen LogP contribution in [-0.4, -0.2) is 37.4 Å². The molecule has 0 aliphatic carbocycles. The molecule has 3 aromatic rings. The number of thioether (sulfide) groups is 1. The zero-order valence-corrected chi connectivity index (χ0v) is 16.3. The molecule has 1 aliphatic rings. The molecule has 3 heterocycles. The van der Waals surface area contributed by atoms with Crippen LogP contribution in [0.4, 0.5) is 0 Å². The zero-order valence-electron chi connectivity index (χ0n) is 15.4. The first kappa shape index (κ1) is 17.2. The van der Waals surface area contributed by atoms with Gasteiger partial charge in [-0.1, -0.05) is 30.0 Å². The second kappa shape index (κ2) is 7.21. The third-order valence-corrected chi connectivity index (χ3v) is 5.58. The quantitative estimate of drug-likeness (QED) is 0.523. The van der Waals surface area contributed by atoms with E-state index in [9.17, 15) is 0 Å². The molecule has 5 nitrogen and oxygen atoms in total. The maximum absolute atomic E-state index is 4.65. The molecule has 0 saturated carbocycles. The van der Waals surface area contributed by atoms with Crippen LogP contribution >= 0.6 is 11.8 Å². The number of rotatable bonds is 4. The first-order valence-electron chi connectivity index (χ1n) is 8.86. The van der Waals surface area contributed by atoms with E-state index in [1.807, 2.05) is 18.6 Å². The van der Waals surface area contributed by atoms with Crippen molar-refractivity contribution >= 4 is 11.8 Å². The van der Waals surface area contributed by atoms with E-state index in [1.165, 1.54) is 28.1 Å². The molecule has 0 saturated heterocycles. The van der Waals surface area contributed by atoms with Gasteiger partial charge in [0.15, 0.2) is 5.16 Å². The lowest BCUT2D eigenvalue weighted by Gasteiger charge is -2.27. The molecular formula is C20H23N5S. The minimum atomic E-state index is 0.868. The monoisotopic (exact) mass is 365 g/mol. The summed E-state index contributed by atoms with van der Waals surface area (Å²) in [5, 5.41) is 5.51. The van der Waals surface area contributed by atoms with E-state index < -0.39 is 0 Å². The van der Waals surface area contributed by atoms with E-state index >= 15 is 0 Å². The summed E-state index contributed by atoms with van der Waals surface area (Å²) in [4.78, 5) is 11.5. The Morgan fingerprint density at radius 3 is 2.81 bits per heavy atom. The van der Waals surface area contributed by atoms with Crippen molar-refractivity contribution in [2.24, 2.45) is 0 Å². The molecule has 0 spiro atoms. The summed E-state index contributed by atoms with van der Waals surface area (Å²) in [5.41, 5.74) is 7.32. The minimum absolute atomic E-state index is 0.868. The summed E-state index contributed by atoms with van der Waals surface area (Å²) in [6.07, 6.45) is 7.00.